The fourth-order valence-corrected chi connectivity index (χ4v) is 2.47. The molecule has 2 amide bonds. The van der Waals surface area contributed by atoms with Gasteiger partial charge in [0.1, 0.15) is 0 Å². The van der Waals surface area contributed by atoms with E-state index in [4.69, 9.17) is 10.5 Å². The molecule has 6 nitrogen and oxygen atoms in total. The third kappa shape index (κ3) is 9.09. The van der Waals surface area contributed by atoms with Crippen LogP contribution in [0.2, 0.25) is 0 Å². The van der Waals surface area contributed by atoms with E-state index in [9.17, 15) is 9.59 Å². The highest BCUT2D eigenvalue weighted by Crippen LogP contribution is 2.08. The number of halogens is 1. The number of benzene rings is 2. The standard InChI is InChI=1S/C22H29N3O3.ClH/c1-16(2)21(23)22(27)25-13-20(26)24-12-17-8-10-19(11-9-17)15-28-14-18-6-4-3-5-7-18;/h3-11,16,21H,12-15,23H2,1-2H3,(H,24,26)(H,25,27);1H/t21-;/m0./s1. The van der Waals surface area contributed by atoms with Crippen LogP contribution in [0.3, 0.4) is 0 Å². The van der Waals surface area contributed by atoms with Crippen LogP contribution in [0, 0.1) is 5.92 Å². The maximum atomic E-state index is 11.9. The molecule has 0 fully saturated rings. The van der Waals surface area contributed by atoms with Gasteiger partial charge >= 0.3 is 0 Å². The number of nitrogens with one attached hydrogen (secondary N) is 2. The summed E-state index contributed by atoms with van der Waals surface area (Å²) in [6, 6.07) is 17.3. The van der Waals surface area contributed by atoms with Gasteiger partial charge in [-0.2, -0.15) is 0 Å². The first-order valence-corrected chi connectivity index (χ1v) is 9.45. The van der Waals surface area contributed by atoms with Crippen molar-refractivity contribution in [3.05, 3.63) is 71.3 Å². The van der Waals surface area contributed by atoms with Crippen molar-refractivity contribution in [2.24, 2.45) is 11.7 Å². The third-order valence-corrected chi connectivity index (χ3v) is 4.34. The first-order valence-electron chi connectivity index (χ1n) is 9.45. The Labute approximate surface area is 178 Å². The zero-order valence-electron chi connectivity index (χ0n) is 16.9. The number of ether oxygens (including phenoxy) is 1. The molecule has 2 aromatic rings. The lowest BCUT2D eigenvalue weighted by molar-refractivity contribution is -0.127. The van der Waals surface area contributed by atoms with Crippen LogP contribution in [-0.2, 0) is 34.1 Å². The van der Waals surface area contributed by atoms with E-state index in [2.05, 4.69) is 10.6 Å². The Bertz CT molecular complexity index is 752. The van der Waals surface area contributed by atoms with Gasteiger partial charge in [0.2, 0.25) is 11.8 Å². The SMILES string of the molecule is CC(C)[C@H](N)C(=O)NCC(=O)NCc1ccc(COCc2ccccc2)cc1.Cl. The molecule has 0 aromatic heterocycles. The average Bonchev–Trinajstić information content (AvgIpc) is 2.71. The molecule has 0 bridgehead atoms. The lowest BCUT2D eigenvalue weighted by Gasteiger charge is -2.15. The van der Waals surface area contributed by atoms with E-state index in [1.165, 1.54) is 0 Å². The monoisotopic (exact) mass is 419 g/mol. The number of carbonyl (C=O) groups excluding carboxylic acids is 2. The number of hydrogen-bond acceptors (Lipinski definition) is 4. The van der Waals surface area contributed by atoms with Crippen LogP contribution >= 0.6 is 12.4 Å². The highest BCUT2D eigenvalue weighted by molar-refractivity contribution is 5.87. The second-order valence-corrected chi connectivity index (χ2v) is 7.06. The molecule has 0 unspecified atom stereocenters. The lowest BCUT2D eigenvalue weighted by Crippen LogP contribution is -2.47. The molecule has 0 spiro atoms. The molecule has 7 heteroatoms. The summed E-state index contributed by atoms with van der Waals surface area (Å²) in [5.74, 6) is -0.539. The number of hydrogen-bond donors (Lipinski definition) is 3. The van der Waals surface area contributed by atoms with Crippen LogP contribution in [0.5, 0.6) is 0 Å². The highest BCUT2D eigenvalue weighted by atomic mass is 35.5. The van der Waals surface area contributed by atoms with E-state index in [1.807, 2.05) is 68.4 Å². The maximum absolute atomic E-state index is 11.9. The van der Waals surface area contributed by atoms with Crippen molar-refractivity contribution < 1.29 is 14.3 Å². The van der Waals surface area contributed by atoms with E-state index in [0.717, 1.165) is 16.7 Å². The van der Waals surface area contributed by atoms with Gasteiger partial charge < -0.3 is 21.1 Å². The molecular formula is C22H30ClN3O3. The quantitative estimate of drug-likeness (QED) is 0.551. The minimum absolute atomic E-state index is 0. The van der Waals surface area contributed by atoms with E-state index in [1.54, 1.807) is 0 Å². The van der Waals surface area contributed by atoms with E-state index >= 15 is 0 Å². The number of amides is 2. The zero-order valence-corrected chi connectivity index (χ0v) is 17.7. The maximum Gasteiger partial charge on any atom is 0.239 e. The molecule has 0 radical (unpaired) electrons. The van der Waals surface area contributed by atoms with Gasteiger partial charge in [-0.15, -0.1) is 12.4 Å². The molecule has 0 heterocycles. The molecule has 158 valence electrons. The molecule has 0 saturated carbocycles. The van der Waals surface area contributed by atoms with E-state index < -0.39 is 6.04 Å². The second-order valence-electron chi connectivity index (χ2n) is 7.06. The van der Waals surface area contributed by atoms with Crippen molar-refractivity contribution in [1.29, 1.82) is 0 Å². The summed E-state index contributed by atoms with van der Waals surface area (Å²) in [5, 5.41) is 5.33. The van der Waals surface area contributed by atoms with Crippen LogP contribution in [0.4, 0.5) is 0 Å². The molecule has 4 N–H and O–H groups in total. The molecular weight excluding hydrogens is 390 g/mol. The van der Waals surface area contributed by atoms with Crippen molar-refractivity contribution in [2.45, 2.75) is 39.6 Å². The van der Waals surface area contributed by atoms with Crippen molar-refractivity contribution >= 4 is 24.2 Å². The number of nitrogens with two attached hydrogens (primary N) is 1. The predicted molar refractivity (Wildman–Crippen MR) is 116 cm³/mol. The predicted octanol–water partition coefficient (Wildman–Crippen LogP) is 2.54. The highest BCUT2D eigenvalue weighted by Gasteiger charge is 2.17. The molecule has 0 aliphatic carbocycles. The summed E-state index contributed by atoms with van der Waals surface area (Å²) in [4.78, 5) is 23.6. The lowest BCUT2D eigenvalue weighted by atomic mass is 10.1. The van der Waals surface area contributed by atoms with E-state index in [0.29, 0.717) is 19.8 Å². The fraction of sp³-hybridized carbons (Fsp3) is 0.364. The molecule has 0 saturated heterocycles. The Hall–Kier alpha value is -2.41. The zero-order chi connectivity index (χ0) is 20.4. The van der Waals surface area contributed by atoms with Crippen LogP contribution in [0.15, 0.2) is 54.6 Å². The van der Waals surface area contributed by atoms with Gasteiger partial charge in [-0.1, -0.05) is 68.4 Å². The number of carbonyl (C=O) groups is 2. The van der Waals surface area contributed by atoms with E-state index in [-0.39, 0.29) is 36.7 Å². The Balaban J connectivity index is 0.00000420. The Morgan fingerprint density at radius 3 is 2.03 bits per heavy atom. The third-order valence-electron chi connectivity index (χ3n) is 4.34. The van der Waals surface area contributed by atoms with Crippen LogP contribution in [-0.4, -0.2) is 24.4 Å². The fourth-order valence-electron chi connectivity index (χ4n) is 2.47. The molecule has 29 heavy (non-hydrogen) atoms. The van der Waals surface area contributed by atoms with Gasteiger partial charge in [-0.25, -0.2) is 0 Å². The van der Waals surface area contributed by atoms with Gasteiger partial charge in [-0.05, 0) is 22.6 Å². The Morgan fingerprint density at radius 2 is 1.45 bits per heavy atom. The second kappa shape index (κ2) is 12.9. The molecule has 1 atom stereocenters. The first-order chi connectivity index (χ1) is 13.5. The van der Waals surface area contributed by atoms with Gasteiger partial charge in [0, 0.05) is 6.54 Å². The summed E-state index contributed by atoms with van der Waals surface area (Å²) in [7, 11) is 0. The van der Waals surface area contributed by atoms with Gasteiger partial charge in [0.05, 0.1) is 25.8 Å². The summed E-state index contributed by atoms with van der Waals surface area (Å²) in [5.41, 5.74) is 8.93. The van der Waals surface area contributed by atoms with Crippen LogP contribution in [0.1, 0.15) is 30.5 Å². The largest absolute Gasteiger partial charge is 0.372 e. The topological polar surface area (TPSA) is 93.5 Å². The van der Waals surface area contributed by atoms with Gasteiger partial charge in [0.15, 0.2) is 0 Å². The molecule has 0 aliphatic heterocycles. The average molecular weight is 420 g/mol. The van der Waals surface area contributed by atoms with Crippen molar-refractivity contribution in [3.8, 4) is 0 Å². The summed E-state index contributed by atoms with van der Waals surface area (Å²) in [6.07, 6.45) is 0. The Morgan fingerprint density at radius 1 is 0.897 bits per heavy atom. The van der Waals surface area contributed by atoms with Crippen molar-refractivity contribution in [1.82, 2.24) is 10.6 Å². The minimum atomic E-state index is -0.607. The molecule has 2 aromatic carbocycles. The van der Waals surface area contributed by atoms with Crippen molar-refractivity contribution in [3.63, 3.8) is 0 Å². The smallest absolute Gasteiger partial charge is 0.239 e. The summed E-state index contributed by atoms with van der Waals surface area (Å²) < 4.78 is 5.71. The van der Waals surface area contributed by atoms with Crippen LogP contribution in [0.25, 0.3) is 0 Å². The first kappa shape index (κ1) is 24.6. The number of rotatable bonds is 10. The summed E-state index contributed by atoms with van der Waals surface area (Å²) in [6.45, 7) is 5.15. The van der Waals surface area contributed by atoms with Gasteiger partial charge in [-0.3, -0.25) is 9.59 Å². The molecule has 2 rings (SSSR count). The normalized spacial score (nSPS) is 11.4. The van der Waals surface area contributed by atoms with Crippen LogP contribution < -0.4 is 16.4 Å². The van der Waals surface area contributed by atoms with Gasteiger partial charge in [0.25, 0.3) is 0 Å². The molecule has 0 aliphatic rings. The minimum Gasteiger partial charge on any atom is -0.372 e. The summed E-state index contributed by atoms with van der Waals surface area (Å²) >= 11 is 0. The van der Waals surface area contributed by atoms with Crippen molar-refractivity contribution in [2.75, 3.05) is 6.54 Å². The Kier molecular flexibility index (Phi) is 11.0.